The SMILES string of the molecule is C1=C2CCCC2=CC(c2ccccc2)C1c1ccccc1. The van der Waals surface area contributed by atoms with Gasteiger partial charge in [0, 0.05) is 11.8 Å². The van der Waals surface area contributed by atoms with Crippen molar-refractivity contribution in [3.05, 3.63) is 95.1 Å². The molecule has 2 unspecified atom stereocenters. The maximum atomic E-state index is 2.54. The second kappa shape index (κ2) is 5.37. The first-order chi connectivity index (χ1) is 10.4. The molecule has 0 aliphatic heterocycles. The van der Waals surface area contributed by atoms with Crippen molar-refractivity contribution in [2.45, 2.75) is 31.1 Å². The maximum absolute atomic E-state index is 2.54. The van der Waals surface area contributed by atoms with Gasteiger partial charge in [0.15, 0.2) is 0 Å². The Morgan fingerprint density at radius 1 is 0.571 bits per heavy atom. The van der Waals surface area contributed by atoms with E-state index in [1.807, 2.05) is 0 Å². The number of allylic oxidation sites excluding steroid dienone is 4. The molecule has 0 radical (unpaired) electrons. The van der Waals surface area contributed by atoms with Crippen molar-refractivity contribution >= 4 is 0 Å². The maximum Gasteiger partial charge on any atom is 0.0128 e. The molecule has 104 valence electrons. The minimum Gasteiger partial charge on any atom is -0.0726 e. The largest absolute Gasteiger partial charge is 0.0726 e. The smallest absolute Gasteiger partial charge is 0.0128 e. The molecule has 0 heteroatoms. The van der Waals surface area contributed by atoms with Crippen LogP contribution in [-0.2, 0) is 0 Å². The molecule has 1 fully saturated rings. The van der Waals surface area contributed by atoms with Crippen molar-refractivity contribution in [3.8, 4) is 0 Å². The van der Waals surface area contributed by atoms with Crippen LogP contribution in [0.15, 0.2) is 84.0 Å². The van der Waals surface area contributed by atoms with Crippen molar-refractivity contribution in [1.29, 1.82) is 0 Å². The van der Waals surface area contributed by atoms with Crippen LogP contribution in [0.4, 0.5) is 0 Å². The summed E-state index contributed by atoms with van der Waals surface area (Å²) in [6, 6.07) is 21.9. The quantitative estimate of drug-likeness (QED) is 0.667. The molecular formula is C21H20. The summed E-state index contributed by atoms with van der Waals surface area (Å²) >= 11 is 0. The van der Waals surface area contributed by atoms with E-state index < -0.39 is 0 Å². The van der Waals surface area contributed by atoms with Crippen LogP contribution in [0.2, 0.25) is 0 Å². The molecule has 2 aromatic carbocycles. The third kappa shape index (κ3) is 2.35. The van der Waals surface area contributed by atoms with Gasteiger partial charge in [0.05, 0.1) is 0 Å². The second-order valence-corrected chi connectivity index (χ2v) is 6.11. The van der Waals surface area contributed by atoms with E-state index in [4.69, 9.17) is 0 Å². The summed E-state index contributed by atoms with van der Waals surface area (Å²) in [5.74, 6) is 0.955. The molecule has 0 N–H and O–H groups in total. The van der Waals surface area contributed by atoms with Crippen LogP contribution in [-0.4, -0.2) is 0 Å². The van der Waals surface area contributed by atoms with Crippen LogP contribution in [0.25, 0.3) is 0 Å². The Labute approximate surface area is 126 Å². The Morgan fingerprint density at radius 3 is 1.43 bits per heavy atom. The summed E-state index contributed by atoms with van der Waals surface area (Å²) in [5.41, 5.74) is 6.05. The van der Waals surface area contributed by atoms with Crippen molar-refractivity contribution < 1.29 is 0 Å². The van der Waals surface area contributed by atoms with Gasteiger partial charge < -0.3 is 0 Å². The third-order valence-electron chi connectivity index (χ3n) is 4.82. The van der Waals surface area contributed by atoms with E-state index in [0.717, 1.165) is 0 Å². The predicted octanol–water partition coefficient (Wildman–Crippen LogP) is 5.60. The predicted molar refractivity (Wildman–Crippen MR) is 88.4 cm³/mol. The molecule has 1 saturated carbocycles. The van der Waals surface area contributed by atoms with Gasteiger partial charge in [-0.25, -0.2) is 0 Å². The van der Waals surface area contributed by atoms with E-state index in [1.165, 1.54) is 30.4 Å². The molecule has 4 rings (SSSR count). The Kier molecular flexibility index (Phi) is 3.23. The van der Waals surface area contributed by atoms with Gasteiger partial charge in [-0.3, -0.25) is 0 Å². The fraction of sp³-hybridized carbons (Fsp3) is 0.238. The van der Waals surface area contributed by atoms with Crippen molar-refractivity contribution in [2.75, 3.05) is 0 Å². The van der Waals surface area contributed by atoms with Gasteiger partial charge in [0.2, 0.25) is 0 Å². The average molecular weight is 272 g/mol. The zero-order chi connectivity index (χ0) is 14.1. The normalized spacial score (nSPS) is 24.2. The number of rotatable bonds is 2. The van der Waals surface area contributed by atoms with Gasteiger partial charge in [-0.05, 0) is 41.5 Å². The van der Waals surface area contributed by atoms with E-state index >= 15 is 0 Å². The first-order valence-electron chi connectivity index (χ1n) is 7.93. The van der Waals surface area contributed by atoms with Crippen molar-refractivity contribution in [3.63, 3.8) is 0 Å². The molecule has 2 atom stereocenters. The van der Waals surface area contributed by atoms with Gasteiger partial charge >= 0.3 is 0 Å². The summed E-state index contributed by atoms with van der Waals surface area (Å²) in [6.07, 6.45) is 8.92. The number of benzene rings is 2. The highest BCUT2D eigenvalue weighted by atomic mass is 14.3. The van der Waals surface area contributed by atoms with E-state index in [1.54, 1.807) is 11.1 Å². The molecule has 0 bridgehead atoms. The van der Waals surface area contributed by atoms with Crippen molar-refractivity contribution in [2.24, 2.45) is 0 Å². The Hall–Kier alpha value is -2.08. The standard InChI is InChI=1S/C21H20/c1-3-8-16(9-4-1)20-14-18-12-7-13-19(18)15-21(20)17-10-5-2-6-11-17/h1-6,8-11,14-15,20-21H,7,12-13H2. The minimum absolute atomic E-state index is 0.477. The third-order valence-corrected chi connectivity index (χ3v) is 4.82. The lowest BCUT2D eigenvalue weighted by molar-refractivity contribution is 0.715. The molecule has 2 aliphatic rings. The molecule has 2 aromatic rings. The number of hydrogen-bond donors (Lipinski definition) is 0. The van der Waals surface area contributed by atoms with Gasteiger partial charge in [-0.15, -0.1) is 0 Å². The van der Waals surface area contributed by atoms with Crippen LogP contribution in [0.1, 0.15) is 42.2 Å². The summed E-state index contributed by atoms with van der Waals surface area (Å²) in [7, 11) is 0. The topological polar surface area (TPSA) is 0 Å². The Morgan fingerprint density at radius 2 is 1.00 bits per heavy atom. The number of hydrogen-bond acceptors (Lipinski definition) is 0. The highest BCUT2D eigenvalue weighted by Gasteiger charge is 2.28. The van der Waals surface area contributed by atoms with Crippen LogP contribution >= 0.6 is 0 Å². The molecule has 0 heterocycles. The van der Waals surface area contributed by atoms with Gasteiger partial charge in [0.1, 0.15) is 0 Å². The van der Waals surface area contributed by atoms with Crippen LogP contribution in [0, 0.1) is 0 Å². The van der Waals surface area contributed by atoms with Gasteiger partial charge in [-0.1, -0.05) is 72.8 Å². The van der Waals surface area contributed by atoms with Crippen LogP contribution in [0.5, 0.6) is 0 Å². The highest BCUT2D eigenvalue weighted by molar-refractivity contribution is 5.48. The lowest BCUT2D eigenvalue weighted by Gasteiger charge is -2.28. The second-order valence-electron chi connectivity index (χ2n) is 6.11. The zero-order valence-corrected chi connectivity index (χ0v) is 12.2. The summed E-state index contributed by atoms with van der Waals surface area (Å²) in [4.78, 5) is 0. The summed E-state index contributed by atoms with van der Waals surface area (Å²) in [5, 5.41) is 0. The van der Waals surface area contributed by atoms with Crippen LogP contribution in [0.3, 0.4) is 0 Å². The molecule has 0 nitrogen and oxygen atoms in total. The minimum atomic E-state index is 0.477. The fourth-order valence-electron chi connectivity index (χ4n) is 3.77. The van der Waals surface area contributed by atoms with E-state index in [9.17, 15) is 0 Å². The number of fused-ring (bicyclic) bond motifs is 1. The van der Waals surface area contributed by atoms with Crippen molar-refractivity contribution in [1.82, 2.24) is 0 Å². The average Bonchev–Trinajstić information content (AvgIpc) is 3.03. The molecule has 2 aliphatic carbocycles. The molecule has 0 amide bonds. The lowest BCUT2D eigenvalue weighted by Crippen LogP contribution is -2.12. The first kappa shape index (κ1) is 12.6. The van der Waals surface area contributed by atoms with Gasteiger partial charge in [0.25, 0.3) is 0 Å². The Bertz CT molecular complexity index is 615. The Balaban J connectivity index is 1.80. The lowest BCUT2D eigenvalue weighted by atomic mass is 9.75. The molecule has 0 saturated heterocycles. The van der Waals surface area contributed by atoms with E-state index in [0.29, 0.717) is 11.8 Å². The monoisotopic (exact) mass is 272 g/mol. The van der Waals surface area contributed by atoms with E-state index in [2.05, 4.69) is 72.8 Å². The fourth-order valence-corrected chi connectivity index (χ4v) is 3.77. The molecular weight excluding hydrogens is 252 g/mol. The highest BCUT2D eigenvalue weighted by Crippen LogP contribution is 2.45. The molecule has 21 heavy (non-hydrogen) atoms. The molecule has 0 aromatic heterocycles. The van der Waals surface area contributed by atoms with Gasteiger partial charge in [-0.2, -0.15) is 0 Å². The van der Waals surface area contributed by atoms with E-state index in [-0.39, 0.29) is 0 Å². The van der Waals surface area contributed by atoms with Crippen LogP contribution < -0.4 is 0 Å². The molecule has 0 spiro atoms. The summed E-state index contributed by atoms with van der Waals surface area (Å²) in [6.45, 7) is 0. The summed E-state index contributed by atoms with van der Waals surface area (Å²) < 4.78 is 0. The zero-order valence-electron chi connectivity index (χ0n) is 12.2. The first-order valence-corrected chi connectivity index (χ1v) is 7.93.